The van der Waals surface area contributed by atoms with E-state index in [-0.39, 0.29) is 12.3 Å². The van der Waals surface area contributed by atoms with Crippen LogP contribution < -0.4 is 5.32 Å². The number of hydrogen-bond acceptors (Lipinski definition) is 4. The van der Waals surface area contributed by atoms with Crippen molar-refractivity contribution < 1.29 is 19.4 Å². The summed E-state index contributed by atoms with van der Waals surface area (Å²) in [6.45, 7) is 0.462. The molecule has 0 aliphatic heterocycles. The first-order chi connectivity index (χ1) is 12.1. The van der Waals surface area contributed by atoms with Crippen LogP contribution in [-0.2, 0) is 21.9 Å². The molecule has 2 N–H and O–H groups in total. The number of carbonyl (C=O) groups is 2. The van der Waals surface area contributed by atoms with Crippen LogP contribution in [0.5, 0.6) is 0 Å². The van der Waals surface area contributed by atoms with Gasteiger partial charge in [0.05, 0.1) is 13.0 Å². The molecule has 0 radical (unpaired) electrons. The molecule has 6 heteroatoms. The predicted molar refractivity (Wildman–Crippen MR) is 100.0 cm³/mol. The molecular formula is C19H21NO4S. The second-order valence-corrected chi connectivity index (χ2v) is 6.59. The maximum Gasteiger partial charge on any atom is 0.304 e. The lowest BCUT2D eigenvalue weighted by Crippen LogP contribution is -2.12. The summed E-state index contributed by atoms with van der Waals surface area (Å²) in [6.07, 6.45) is 0.152. The Balaban J connectivity index is 1.95. The average Bonchev–Trinajstić information content (AvgIpc) is 2.59. The summed E-state index contributed by atoms with van der Waals surface area (Å²) in [5.74, 6) is 0.316. The van der Waals surface area contributed by atoms with Crippen LogP contribution in [0.3, 0.4) is 0 Å². The summed E-state index contributed by atoms with van der Waals surface area (Å²) >= 11 is 1.56. The van der Waals surface area contributed by atoms with E-state index < -0.39 is 5.97 Å². The number of amides is 1. The minimum Gasteiger partial charge on any atom is -0.481 e. The summed E-state index contributed by atoms with van der Waals surface area (Å²) in [5.41, 5.74) is 3.29. The highest BCUT2D eigenvalue weighted by Gasteiger charge is 2.07. The predicted octanol–water partition coefficient (Wildman–Crippen LogP) is 3.79. The van der Waals surface area contributed by atoms with Crippen molar-refractivity contribution in [1.29, 1.82) is 0 Å². The van der Waals surface area contributed by atoms with E-state index in [0.717, 1.165) is 16.8 Å². The molecule has 5 nitrogen and oxygen atoms in total. The van der Waals surface area contributed by atoms with Crippen LogP contribution in [-0.4, -0.2) is 29.8 Å². The molecule has 0 saturated heterocycles. The maximum absolute atomic E-state index is 12.4. The van der Waals surface area contributed by atoms with Crippen molar-refractivity contribution in [3.05, 3.63) is 65.2 Å². The minimum absolute atomic E-state index is 0.152. The Morgan fingerprint density at radius 2 is 1.88 bits per heavy atom. The van der Waals surface area contributed by atoms with Crippen LogP contribution in [0.4, 0.5) is 5.69 Å². The molecule has 0 heterocycles. The van der Waals surface area contributed by atoms with Gasteiger partial charge in [0, 0.05) is 29.9 Å². The lowest BCUT2D eigenvalue weighted by molar-refractivity contribution is -0.136. The van der Waals surface area contributed by atoms with E-state index in [1.165, 1.54) is 0 Å². The van der Waals surface area contributed by atoms with Crippen LogP contribution in [0.15, 0.2) is 48.5 Å². The van der Waals surface area contributed by atoms with Gasteiger partial charge in [-0.3, -0.25) is 9.59 Å². The van der Waals surface area contributed by atoms with Crippen molar-refractivity contribution >= 4 is 29.3 Å². The number of hydrogen-bond donors (Lipinski definition) is 2. The van der Waals surface area contributed by atoms with Crippen molar-refractivity contribution in [3.63, 3.8) is 0 Å². The minimum atomic E-state index is -0.788. The molecule has 0 saturated carbocycles. The molecule has 0 spiro atoms. The van der Waals surface area contributed by atoms with Crippen molar-refractivity contribution in [2.24, 2.45) is 0 Å². The van der Waals surface area contributed by atoms with E-state index >= 15 is 0 Å². The van der Waals surface area contributed by atoms with Crippen molar-refractivity contribution in [3.8, 4) is 0 Å². The first kappa shape index (κ1) is 19.0. The van der Waals surface area contributed by atoms with Crippen molar-refractivity contribution in [2.45, 2.75) is 18.8 Å². The van der Waals surface area contributed by atoms with E-state index in [4.69, 9.17) is 9.84 Å². The highest BCUT2D eigenvalue weighted by atomic mass is 32.2. The van der Waals surface area contributed by atoms with Gasteiger partial charge in [-0.15, -0.1) is 0 Å². The molecule has 2 rings (SSSR count). The lowest BCUT2D eigenvalue weighted by atomic mass is 10.1. The Morgan fingerprint density at radius 1 is 1.12 bits per heavy atom. The summed E-state index contributed by atoms with van der Waals surface area (Å²) in [5, 5.41) is 11.5. The molecule has 0 aliphatic rings. The van der Waals surface area contributed by atoms with Gasteiger partial charge >= 0.3 is 5.97 Å². The van der Waals surface area contributed by atoms with Crippen molar-refractivity contribution in [2.75, 3.05) is 18.2 Å². The van der Waals surface area contributed by atoms with Crippen LogP contribution in [0.1, 0.15) is 27.9 Å². The number of methoxy groups -OCH3 is 1. The van der Waals surface area contributed by atoms with Crippen LogP contribution in [0.25, 0.3) is 0 Å². The van der Waals surface area contributed by atoms with E-state index in [2.05, 4.69) is 5.32 Å². The van der Waals surface area contributed by atoms with E-state index in [1.54, 1.807) is 24.9 Å². The zero-order chi connectivity index (χ0) is 18.1. The summed E-state index contributed by atoms with van der Waals surface area (Å²) in [6, 6.07) is 14.9. The lowest BCUT2D eigenvalue weighted by Gasteiger charge is -2.08. The largest absolute Gasteiger partial charge is 0.481 e. The number of carboxylic acids is 1. The zero-order valence-electron chi connectivity index (χ0n) is 14.0. The normalized spacial score (nSPS) is 10.4. The maximum atomic E-state index is 12.4. The summed E-state index contributed by atoms with van der Waals surface area (Å²) in [7, 11) is 1.62. The molecule has 0 aliphatic carbocycles. The molecule has 0 unspecified atom stereocenters. The number of thioether (sulfide) groups is 1. The molecular weight excluding hydrogens is 338 g/mol. The van der Waals surface area contributed by atoms with E-state index in [1.807, 2.05) is 42.5 Å². The van der Waals surface area contributed by atoms with Gasteiger partial charge in [-0.05, 0) is 35.4 Å². The van der Waals surface area contributed by atoms with Gasteiger partial charge in [-0.2, -0.15) is 11.8 Å². The summed E-state index contributed by atoms with van der Waals surface area (Å²) < 4.78 is 5.09. The number of ether oxygens (including phenoxy) is 1. The topological polar surface area (TPSA) is 75.6 Å². The fourth-order valence-electron chi connectivity index (χ4n) is 2.26. The fourth-order valence-corrected chi connectivity index (χ4v) is 3.14. The van der Waals surface area contributed by atoms with Gasteiger partial charge in [0.2, 0.25) is 0 Å². The number of anilines is 1. The molecule has 0 bridgehead atoms. The smallest absolute Gasteiger partial charge is 0.304 e. The number of rotatable bonds is 9. The standard InChI is InChI=1S/C19H21NO4S/c1-24-12-14-4-2-6-16(10-14)19(23)20-17-7-3-5-15(11-17)13-25-9-8-18(21)22/h2-7,10-11H,8-9,12-13H2,1H3,(H,20,23)(H,21,22). The molecule has 132 valence electrons. The van der Waals surface area contributed by atoms with Crippen LogP contribution >= 0.6 is 11.8 Å². The summed E-state index contributed by atoms with van der Waals surface area (Å²) in [4.78, 5) is 22.9. The quantitative estimate of drug-likeness (QED) is 0.666. The number of aliphatic carboxylic acids is 1. The molecule has 2 aromatic carbocycles. The van der Waals surface area contributed by atoms with E-state index in [0.29, 0.717) is 23.7 Å². The average molecular weight is 359 g/mol. The first-order valence-corrected chi connectivity index (χ1v) is 9.01. The Bertz CT molecular complexity index is 733. The highest BCUT2D eigenvalue weighted by molar-refractivity contribution is 7.98. The SMILES string of the molecule is COCc1cccc(C(=O)Nc2cccc(CSCCC(=O)O)c2)c1. The Morgan fingerprint density at radius 3 is 2.64 bits per heavy atom. The molecule has 1 amide bonds. The fraction of sp³-hybridized carbons (Fsp3) is 0.263. The molecule has 0 fully saturated rings. The number of nitrogens with one attached hydrogen (secondary N) is 1. The Hall–Kier alpha value is -2.31. The molecule has 2 aromatic rings. The zero-order valence-corrected chi connectivity index (χ0v) is 14.8. The van der Waals surface area contributed by atoms with Gasteiger partial charge in [-0.25, -0.2) is 0 Å². The van der Waals surface area contributed by atoms with Crippen LogP contribution in [0.2, 0.25) is 0 Å². The Kier molecular flexibility index (Phi) is 7.50. The molecule has 25 heavy (non-hydrogen) atoms. The third-order valence-electron chi connectivity index (χ3n) is 3.41. The van der Waals surface area contributed by atoms with Gasteiger partial charge < -0.3 is 15.2 Å². The van der Waals surface area contributed by atoms with Gasteiger partial charge in [0.25, 0.3) is 5.91 Å². The third kappa shape index (κ3) is 6.60. The van der Waals surface area contributed by atoms with Crippen molar-refractivity contribution in [1.82, 2.24) is 0 Å². The third-order valence-corrected chi connectivity index (χ3v) is 4.44. The number of benzene rings is 2. The first-order valence-electron chi connectivity index (χ1n) is 7.86. The van der Waals surface area contributed by atoms with Gasteiger partial charge in [-0.1, -0.05) is 24.3 Å². The van der Waals surface area contributed by atoms with Crippen LogP contribution in [0, 0.1) is 0 Å². The number of carbonyl (C=O) groups excluding carboxylic acids is 1. The molecule has 0 atom stereocenters. The van der Waals surface area contributed by atoms with E-state index in [9.17, 15) is 9.59 Å². The Labute approximate surface area is 151 Å². The van der Waals surface area contributed by atoms with Gasteiger partial charge in [0.15, 0.2) is 0 Å². The second kappa shape index (κ2) is 9.86. The second-order valence-electron chi connectivity index (χ2n) is 5.48. The number of carboxylic acid groups (broad SMARTS) is 1. The monoisotopic (exact) mass is 359 g/mol. The molecule has 0 aromatic heterocycles. The highest BCUT2D eigenvalue weighted by Crippen LogP contribution is 2.18. The van der Waals surface area contributed by atoms with Gasteiger partial charge in [0.1, 0.15) is 0 Å².